The monoisotopic (exact) mass is 403 g/mol. The van der Waals surface area contributed by atoms with Crippen LogP contribution in [0.1, 0.15) is 27.3 Å². The zero-order valence-corrected chi connectivity index (χ0v) is 17.1. The molecule has 1 aromatic heterocycles. The summed E-state index contributed by atoms with van der Waals surface area (Å²) in [6.45, 7) is 4.10. The number of nitrogens with zero attached hydrogens (tertiary/aromatic N) is 2. The second-order valence-electron chi connectivity index (χ2n) is 7.27. The van der Waals surface area contributed by atoms with E-state index in [1.165, 1.54) is 12.1 Å². The third kappa shape index (κ3) is 4.03. The topological polar surface area (TPSA) is 56.1 Å². The molecule has 0 fully saturated rings. The van der Waals surface area contributed by atoms with E-state index < -0.39 is 0 Å². The molecule has 0 radical (unpaired) electrons. The van der Waals surface area contributed by atoms with Gasteiger partial charge in [-0.25, -0.2) is 9.37 Å². The molecule has 5 nitrogen and oxygen atoms in total. The number of anilines is 1. The lowest BCUT2D eigenvalue weighted by atomic mass is 10.1. The Labute approximate surface area is 174 Å². The van der Waals surface area contributed by atoms with E-state index in [0.717, 1.165) is 28.0 Å². The molecule has 6 heteroatoms. The maximum Gasteiger partial charge on any atom is 0.255 e. The number of aryl methyl sites for hydroxylation is 3. The lowest BCUT2D eigenvalue weighted by molar-refractivity contribution is 0.102. The Kier molecular flexibility index (Phi) is 5.23. The maximum absolute atomic E-state index is 13.3. The molecule has 1 N–H and O–H groups in total. The summed E-state index contributed by atoms with van der Waals surface area (Å²) in [5, 5.41) is 2.94. The number of imidazole rings is 1. The summed E-state index contributed by atoms with van der Waals surface area (Å²) in [5.41, 5.74) is 4.65. The highest BCUT2D eigenvalue weighted by Crippen LogP contribution is 2.24. The first-order valence-corrected chi connectivity index (χ1v) is 9.63. The van der Waals surface area contributed by atoms with Crippen molar-refractivity contribution in [1.82, 2.24) is 9.55 Å². The molecule has 1 amide bonds. The first kappa shape index (κ1) is 19.6. The molecule has 1 heterocycles. The van der Waals surface area contributed by atoms with Gasteiger partial charge >= 0.3 is 0 Å². The molecule has 4 rings (SSSR count). The number of halogens is 1. The summed E-state index contributed by atoms with van der Waals surface area (Å²) in [5.74, 6) is 1.06. The van der Waals surface area contributed by atoms with Crippen molar-refractivity contribution in [2.45, 2.75) is 20.5 Å². The quantitative estimate of drug-likeness (QED) is 0.501. The lowest BCUT2D eigenvalue weighted by Crippen LogP contribution is -2.12. The van der Waals surface area contributed by atoms with Crippen molar-refractivity contribution in [3.8, 4) is 5.75 Å². The van der Waals surface area contributed by atoms with E-state index in [-0.39, 0.29) is 18.3 Å². The average Bonchev–Trinajstić information content (AvgIpc) is 3.01. The summed E-state index contributed by atoms with van der Waals surface area (Å²) in [6.07, 6.45) is 0. The first-order chi connectivity index (χ1) is 14.4. The van der Waals surface area contributed by atoms with Crippen LogP contribution in [0.5, 0.6) is 5.75 Å². The van der Waals surface area contributed by atoms with Crippen LogP contribution in [0, 0.1) is 19.7 Å². The number of benzene rings is 3. The molecule has 0 saturated heterocycles. The Bertz CT molecular complexity index is 1250. The number of amides is 1. The molecule has 0 unspecified atom stereocenters. The number of aromatic nitrogens is 2. The number of nitrogens with one attached hydrogen (secondary N) is 1. The van der Waals surface area contributed by atoms with Crippen LogP contribution in [0.4, 0.5) is 10.1 Å². The number of hydrogen-bond donors (Lipinski definition) is 1. The minimum Gasteiger partial charge on any atom is -0.489 e. The summed E-state index contributed by atoms with van der Waals surface area (Å²) < 4.78 is 21.0. The van der Waals surface area contributed by atoms with E-state index in [0.29, 0.717) is 17.0 Å². The summed E-state index contributed by atoms with van der Waals surface area (Å²) in [7, 11) is 1.95. The van der Waals surface area contributed by atoms with Crippen molar-refractivity contribution < 1.29 is 13.9 Å². The van der Waals surface area contributed by atoms with Gasteiger partial charge in [-0.05, 0) is 73.5 Å². The zero-order valence-electron chi connectivity index (χ0n) is 17.1. The molecule has 0 aliphatic carbocycles. The van der Waals surface area contributed by atoms with Crippen LogP contribution < -0.4 is 10.1 Å². The highest BCUT2D eigenvalue weighted by Gasteiger charge is 2.12. The molecule has 0 spiro atoms. The van der Waals surface area contributed by atoms with Gasteiger partial charge in [0.05, 0.1) is 11.0 Å². The molecule has 4 aromatic rings. The number of fused-ring (bicyclic) bond motifs is 1. The van der Waals surface area contributed by atoms with Crippen LogP contribution in [-0.2, 0) is 13.7 Å². The summed E-state index contributed by atoms with van der Waals surface area (Å²) >= 11 is 0. The Morgan fingerprint density at radius 3 is 2.70 bits per heavy atom. The van der Waals surface area contributed by atoms with Crippen LogP contribution >= 0.6 is 0 Å². The predicted molar refractivity (Wildman–Crippen MR) is 115 cm³/mol. The molecule has 0 aliphatic rings. The number of ether oxygens (including phenoxy) is 1. The molecule has 152 valence electrons. The number of carbonyl (C=O) groups is 1. The van der Waals surface area contributed by atoms with Gasteiger partial charge in [-0.1, -0.05) is 12.1 Å². The van der Waals surface area contributed by atoms with E-state index in [1.807, 2.05) is 43.7 Å². The zero-order chi connectivity index (χ0) is 21.3. The van der Waals surface area contributed by atoms with E-state index in [1.54, 1.807) is 30.3 Å². The number of hydrogen-bond acceptors (Lipinski definition) is 3. The van der Waals surface area contributed by atoms with E-state index in [9.17, 15) is 9.18 Å². The van der Waals surface area contributed by atoms with Crippen LogP contribution in [0.2, 0.25) is 0 Å². The van der Waals surface area contributed by atoms with Gasteiger partial charge in [0.2, 0.25) is 0 Å². The van der Waals surface area contributed by atoms with Crippen molar-refractivity contribution in [1.29, 1.82) is 0 Å². The number of rotatable bonds is 5. The Morgan fingerprint density at radius 2 is 1.93 bits per heavy atom. The minimum absolute atomic E-state index is 0.197. The fourth-order valence-electron chi connectivity index (χ4n) is 3.32. The van der Waals surface area contributed by atoms with Crippen molar-refractivity contribution in [2.75, 3.05) is 5.32 Å². The van der Waals surface area contributed by atoms with Gasteiger partial charge in [-0.2, -0.15) is 0 Å². The van der Waals surface area contributed by atoms with Gasteiger partial charge in [0, 0.05) is 18.3 Å². The largest absolute Gasteiger partial charge is 0.489 e. The van der Waals surface area contributed by atoms with Crippen molar-refractivity contribution in [3.63, 3.8) is 0 Å². The van der Waals surface area contributed by atoms with Crippen molar-refractivity contribution in [3.05, 3.63) is 89.0 Å². The lowest BCUT2D eigenvalue weighted by Gasteiger charge is -2.12. The normalized spacial score (nSPS) is 10.9. The third-order valence-corrected chi connectivity index (χ3v) is 5.11. The van der Waals surface area contributed by atoms with Crippen LogP contribution in [0.3, 0.4) is 0 Å². The Morgan fingerprint density at radius 1 is 1.10 bits per heavy atom. The fourth-order valence-corrected chi connectivity index (χ4v) is 3.32. The molecular formula is C24H22FN3O2. The first-order valence-electron chi connectivity index (χ1n) is 9.63. The minimum atomic E-state index is -0.288. The Hall–Kier alpha value is -3.67. The summed E-state index contributed by atoms with van der Waals surface area (Å²) in [4.78, 5) is 17.2. The standard InChI is InChI=1S/C24H22FN3O2/c1-15-11-20(30-14-17-5-4-6-19(25)12-17)8-9-21(15)27-24(29)18-7-10-23-22(13-18)26-16(2)28(23)3/h4-13H,14H2,1-3H3,(H,27,29). The van der Waals surface area contributed by atoms with Gasteiger partial charge in [0.1, 0.15) is 24.0 Å². The van der Waals surface area contributed by atoms with Gasteiger partial charge in [0.15, 0.2) is 0 Å². The van der Waals surface area contributed by atoms with E-state index >= 15 is 0 Å². The van der Waals surface area contributed by atoms with Gasteiger partial charge in [-0.3, -0.25) is 4.79 Å². The van der Waals surface area contributed by atoms with Gasteiger partial charge in [0.25, 0.3) is 5.91 Å². The smallest absolute Gasteiger partial charge is 0.255 e. The van der Waals surface area contributed by atoms with Gasteiger partial charge in [-0.15, -0.1) is 0 Å². The second-order valence-corrected chi connectivity index (χ2v) is 7.27. The van der Waals surface area contributed by atoms with E-state index in [2.05, 4.69) is 10.3 Å². The van der Waals surface area contributed by atoms with Crippen molar-refractivity contribution in [2.24, 2.45) is 7.05 Å². The molecule has 30 heavy (non-hydrogen) atoms. The Balaban J connectivity index is 1.46. The molecule has 0 bridgehead atoms. The van der Waals surface area contributed by atoms with Crippen LogP contribution in [0.25, 0.3) is 11.0 Å². The molecule has 0 aliphatic heterocycles. The predicted octanol–water partition coefficient (Wildman–Crippen LogP) is 5.16. The highest BCUT2D eigenvalue weighted by atomic mass is 19.1. The van der Waals surface area contributed by atoms with Crippen molar-refractivity contribution >= 4 is 22.6 Å². The average molecular weight is 403 g/mol. The summed E-state index contributed by atoms with van der Waals surface area (Å²) in [6, 6.07) is 17.2. The van der Waals surface area contributed by atoms with Crippen LogP contribution in [0.15, 0.2) is 60.7 Å². The molecule has 0 atom stereocenters. The number of carbonyl (C=O) groups excluding carboxylic acids is 1. The fraction of sp³-hybridized carbons (Fsp3) is 0.167. The SMILES string of the molecule is Cc1cc(OCc2cccc(F)c2)ccc1NC(=O)c1ccc2c(c1)nc(C)n2C. The second kappa shape index (κ2) is 7.99. The molecule has 3 aromatic carbocycles. The van der Waals surface area contributed by atoms with E-state index in [4.69, 9.17) is 4.74 Å². The maximum atomic E-state index is 13.3. The molecule has 0 saturated carbocycles. The van der Waals surface area contributed by atoms with Gasteiger partial charge < -0.3 is 14.6 Å². The molecular weight excluding hydrogens is 381 g/mol. The van der Waals surface area contributed by atoms with Crippen LogP contribution in [-0.4, -0.2) is 15.5 Å². The highest BCUT2D eigenvalue weighted by molar-refractivity contribution is 6.06. The third-order valence-electron chi connectivity index (χ3n) is 5.11.